The molecule has 0 radical (unpaired) electrons. The van der Waals surface area contributed by atoms with E-state index >= 15 is 0 Å². The third kappa shape index (κ3) is 4.93. The van der Waals surface area contributed by atoms with Crippen LogP contribution in [0, 0.1) is 5.82 Å². The van der Waals surface area contributed by atoms with E-state index in [0.717, 1.165) is 0 Å². The normalized spacial score (nSPS) is 19.6. The smallest absolute Gasteiger partial charge is 0.271 e. The zero-order chi connectivity index (χ0) is 24.5. The number of nitrogens with two attached hydrogens (primary N) is 1. The van der Waals surface area contributed by atoms with Gasteiger partial charge in [-0.2, -0.15) is 9.41 Å². The van der Waals surface area contributed by atoms with Gasteiger partial charge in [0.2, 0.25) is 15.9 Å². The summed E-state index contributed by atoms with van der Waals surface area (Å²) in [4.78, 5) is 26.9. The highest BCUT2D eigenvalue weighted by Crippen LogP contribution is 2.26. The number of rotatable bonds is 6. The van der Waals surface area contributed by atoms with Crippen LogP contribution in [-0.4, -0.2) is 74.4 Å². The van der Waals surface area contributed by atoms with Gasteiger partial charge in [0.15, 0.2) is 0 Å². The molecule has 1 unspecified atom stereocenters. The van der Waals surface area contributed by atoms with Crippen molar-refractivity contribution in [3.8, 4) is 0 Å². The molecule has 0 spiro atoms. The summed E-state index contributed by atoms with van der Waals surface area (Å²) in [5.41, 5.74) is 6.34. The molecule has 34 heavy (non-hydrogen) atoms. The van der Waals surface area contributed by atoms with Gasteiger partial charge >= 0.3 is 0 Å². The lowest BCUT2D eigenvalue weighted by molar-refractivity contribution is -0.119. The standard InChI is InChI=1S/C22H25FN6O4S/c1-27-10-12-28(13-11-27)34(32,33)18-8-4-16(5-9-18)25-22(31)19-14-20(21(24)30)29(26-19)17-6-2-15(23)3-7-17/h2-9,20H,10-14H2,1H3,(H2,24,30)(H,25,31). The number of likely N-dealkylation sites (N-methyl/N-ethyl adjacent to an activating group) is 1. The van der Waals surface area contributed by atoms with Gasteiger partial charge in [0.25, 0.3) is 5.91 Å². The van der Waals surface area contributed by atoms with Crippen molar-refractivity contribution in [1.82, 2.24) is 9.21 Å². The topological polar surface area (TPSA) is 128 Å². The Morgan fingerprint density at radius 3 is 2.24 bits per heavy atom. The van der Waals surface area contributed by atoms with Crippen LogP contribution in [0.4, 0.5) is 15.8 Å². The van der Waals surface area contributed by atoms with Gasteiger partial charge in [-0.15, -0.1) is 0 Å². The van der Waals surface area contributed by atoms with Crippen molar-refractivity contribution in [2.75, 3.05) is 43.6 Å². The maximum atomic E-state index is 13.2. The lowest BCUT2D eigenvalue weighted by atomic mass is 10.1. The number of hydrogen-bond acceptors (Lipinski definition) is 7. The molecular formula is C22H25FN6O4S. The number of hydrogen-bond donors (Lipinski definition) is 2. The highest BCUT2D eigenvalue weighted by atomic mass is 32.2. The Hall–Kier alpha value is -3.35. The number of nitrogens with zero attached hydrogens (tertiary/aromatic N) is 4. The molecule has 1 fully saturated rings. The first-order chi connectivity index (χ1) is 16.1. The summed E-state index contributed by atoms with van der Waals surface area (Å²) in [6, 6.07) is 10.3. The molecule has 2 aliphatic heterocycles. The average molecular weight is 489 g/mol. The van der Waals surface area contributed by atoms with Gasteiger partial charge in [-0.1, -0.05) is 0 Å². The van der Waals surface area contributed by atoms with Gasteiger partial charge < -0.3 is 16.0 Å². The summed E-state index contributed by atoms with van der Waals surface area (Å²) in [5.74, 6) is -1.67. The van der Waals surface area contributed by atoms with Crippen molar-refractivity contribution in [3.05, 3.63) is 54.3 Å². The molecule has 2 amide bonds. The van der Waals surface area contributed by atoms with Crippen LogP contribution in [0.5, 0.6) is 0 Å². The third-order valence-corrected chi connectivity index (χ3v) is 7.72. The van der Waals surface area contributed by atoms with Crippen molar-refractivity contribution in [2.24, 2.45) is 10.8 Å². The number of carbonyl (C=O) groups excluding carboxylic acids is 2. The number of piperazine rings is 1. The zero-order valence-corrected chi connectivity index (χ0v) is 19.3. The summed E-state index contributed by atoms with van der Waals surface area (Å²) in [6.07, 6.45) is -0.0194. The van der Waals surface area contributed by atoms with Crippen LogP contribution in [0.3, 0.4) is 0 Å². The number of primary amides is 1. The van der Waals surface area contributed by atoms with Crippen LogP contribution in [0.25, 0.3) is 0 Å². The van der Waals surface area contributed by atoms with Crippen molar-refractivity contribution in [1.29, 1.82) is 0 Å². The van der Waals surface area contributed by atoms with Gasteiger partial charge in [-0.3, -0.25) is 14.6 Å². The summed E-state index contributed by atoms with van der Waals surface area (Å²) in [6.45, 7) is 2.17. The highest BCUT2D eigenvalue weighted by molar-refractivity contribution is 7.89. The van der Waals surface area contributed by atoms with Gasteiger partial charge in [0.1, 0.15) is 17.6 Å². The Balaban J connectivity index is 1.46. The molecule has 0 saturated carbocycles. The van der Waals surface area contributed by atoms with Gasteiger partial charge in [-0.25, -0.2) is 12.8 Å². The lowest BCUT2D eigenvalue weighted by Crippen LogP contribution is -2.46. The van der Waals surface area contributed by atoms with E-state index in [1.807, 2.05) is 7.05 Å². The summed E-state index contributed by atoms with van der Waals surface area (Å²) < 4.78 is 40.4. The second-order valence-corrected chi connectivity index (χ2v) is 10.1. The fourth-order valence-corrected chi connectivity index (χ4v) is 5.21. The lowest BCUT2D eigenvalue weighted by Gasteiger charge is -2.31. The van der Waals surface area contributed by atoms with Gasteiger partial charge in [-0.05, 0) is 55.6 Å². The van der Waals surface area contributed by atoms with Crippen molar-refractivity contribution < 1.29 is 22.4 Å². The zero-order valence-electron chi connectivity index (χ0n) is 18.5. The number of amides is 2. The van der Waals surface area contributed by atoms with Crippen LogP contribution in [0.2, 0.25) is 0 Å². The average Bonchev–Trinajstić information content (AvgIpc) is 3.26. The summed E-state index contributed by atoms with van der Waals surface area (Å²) in [5, 5.41) is 8.18. The number of carbonyl (C=O) groups is 2. The van der Waals surface area contributed by atoms with Crippen molar-refractivity contribution in [3.63, 3.8) is 0 Å². The van der Waals surface area contributed by atoms with E-state index in [2.05, 4.69) is 15.3 Å². The Morgan fingerprint density at radius 1 is 1.03 bits per heavy atom. The predicted molar refractivity (Wildman–Crippen MR) is 125 cm³/mol. The molecule has 4 rings (SSSR count). The maximum Gasteiger partial charge on any atom is 0.271 e. The molecule has 3 N–H and O–H groups in total. The van der Waals surface area contributed by atoms with E-state index in [1.165, 1.54) is 57.8 Å². The molecule has 10 nitrogen and oxygen atoms in total. The molecule has 2 aromatic rings. The SMILES string of the molecule is CN1CCN(S(=O)(=O)c2ccc(NC(=O)C3=NN(c4ccc(F)cc4)C(C(N)=O)C3)cc2)CC1. The third-order valence-electron chi connectivity index (χ3n) is 5.80. The van der Waals surface area contributed by atoms with E-state index in [0.29, 0.717) is 37.6 Å². The Bertz CT molecular complexity index is 1210. The quantitative estimate of drug-likeness (QED) is 0.620. The van der Waals surface area contributed by atoms with Crippen LogP contribution < -0.4 is 16.1 Å². The molecule has 2 aromatic carbocycles. The van der Waals surface area contributed by atoms with Crippen LogP contribution >= 0.6 is 0 Å². The van der Waals surface area contributed by atoms with Gasteiger partial charge in [0.05, 0.1) is 10.6 Å². The van der Waals surface area contributed by atoms with Crippen molar-refractivity contribution >= 4 is 38.9 Å². The second-order valence-electron chi connectivity index (χ2n) is 8.18. The number of benzene rings is 2. The molecule has 2 heterocycles. The monoisotopic (exact) mass is 488 g/mol. The maximum absolute atomic E-state index is 13.2. The number of sulfonamides is 1. The van der Waals surface area contributed by atoms with E-state index in [4.69, 9.17) is 5.73 Å². The molecule has 1 saturated heterocycles. The Morgan fingerprint density at radius 2 is 1.65 bits per heavy atom. The molecule has 0 aromatic heterocycles. The Labute approximate surface area is 196 Å². The predicted octanol–water partition coefficient (Wildman–Crippen LogP) is 0.821. The Kier molecular flexibility index (Phi) is 6.64. The van der Waals surface area contributed by atoms with Crippen molar-refractivity contribution in [2.45, 2.75) is 17.4 Å². The molecule has 12 heteroatoms. The number of anilines is 2. The van der Waals surface area contributed by atoms with E-state index in [9.17, 15) is 22.4 Å². The second kappa shape index (κ2) is 9.49. The molecule has 2 aliphatic rings. The first-order valence-corrected chi connectivity index (χ1v) is 12.1. The molecule has 180 valence electrons. The number of nitrogens with one attached hydrogen (secondary N) is 1. The largest absolute Gasteiger partial charge is 0.368 e. The molecule has 0 aliphatic carbocycles. The summed E-state index contributed by atoms with van der Waals surface area (Å²) >= 11 is 0. The van der Waals surface area contributed by atoms with Gasteiger partial charge in [0, 0.05) is 38.3 Å². The summed E-state index contributed by atoms with van der Waals surface area (Å²) in [7, 11) is -1.67. The van der Waals surface area contributed by atoms with Crippen LogP contribution in [-0.2, 0) is 19.6 Å². The van der Waals surface area contributed by atoms with E-state index in [1.54, 1.807) is 0 Å². The first kappa shape index (κ1) is 23.8. The first-order valence-electron chi connectivity index (χ1n) is 10.7. The molecular weight excluding hydrogens is 463 g/mol. The minimum atomic E-state index is -3.62. The molecule has 1 atom stereocenters. The highest BCUT2D eigenvalue weighted by Gasteiger charge is 2.35. The number of halogens is 1. The van der Waals surface area contributed by atoms with E-state index in [-0.39, 0.29) is 17.0 Å². The number of hydrazone groups is 1. The van der Waals surface area contributed by atoms with E-state index < -0.39 is 33.7 Å². The molecule has 0 bridgehead atoms. The fourth-order valence-electron chi connectivity index (χ4n) is 3.79. The minimum absolute atomic E-state index is 0.0194. The fraction of sp³-hybridized carbons (Fsp3) is 0.318. The van der Waals surface area contributed by atoms with Crippen LogP contribution in [0.15, 0.2) is 58.5 Å². The van der Waals surface area contributed by atoms with Crippen LogP contribution in [0.1, 0.15) is 6.42 Å². The minimum Gasteiger partial charge on any atom is -0.368 e.